The number of ether oxygens (including phenoxy) is 1. The largest absolute Gasteiger partial charge is 0.374 e. The highest BCUT2D eigenvalue weighted by Crippen LogP contribution is 2.23. The molecule has 3 N–H and O–H groups in total. The van der Waals surface area contributed by atoms with Crippen LogP contribution >= 0.6 is 0 Å². The van der Waals surface area contributed by atoms with Crippen LogP contribution in [0.3, 0.4) is 0 Å². The Bertz CT molecular complexity index is 270. The molecule has 0 saturated carbocycles. The molecule has 14 heavy (non-hydrogen) atoms. The lowest BCUT2D eigenvalue weighted by atomic mass is 10.0. The van der Waals surface area contributed by atoms with Gasteiger partial charge in [-0.15, -0.1) is 0 Å². The van der Waals surface area contributed by atoms with Crippen LogP contribution in [0.1, 0.15) is 19.8 Å². The molecule has 5 nitrogen and oxygen atoms in total. The summed E-state index contributed by atoms with van der Waals surface area (Å²) in [5, 5.41) is 0. The zero-order chi connectivity index (χ0) is 10.7. The summed E-state index contributed by atoms with van der Waals surface area (Å²) in [4.78, 5) is 0. The van der Waals surface area contributed by atoms with Gasteiger partial charge in [0.2, 0.25) is 10.0 Å². The number of hydrogen-bond donors (Lipinski definition) is 2. The minimum Gasteiger partial charge on any atom is -0.374 e. The van der Waals surface area contributed by atoms with E-state index in [1.54, 1.807) is 0 Å². The van der Waals surface area contributed by atoms with Crippen molar-refractivity contribution in [3.05, 3.63) is 0 Å². The molecule has 0 bridgehead atoms. The maximum atomic E-state index is 11.3. The summed E-state index contributed by atoms with van der Waals surface area (Å²) in [6.07, 6.45) is 1.90. The number of hydrogen-bond acceptors (Lipinski definition) is 4. The first-order valence-electron chi connectivity index (χ1n) is 4.79. The van der Waals surface area contributed by atoms with Crippen LogP contribution in [-0.2, 0) is 14.8 Å². The summed E-state index contributed by atoms with van der Waals surface area (Å²) in [5.41, 5.74) is 4.85. The summed E-state index contributed by atoms with van der Waals surface area (Å²) >= 11 is 0. The molecular weight excluding hydrogens is 204 g/mol. The Balaban J connectivity index is 2.39. The Morgan fingerprint density at radius 3 is 2.79 bits per heavy atom. The van der Waals surface area contributed by atoms with Crippen molar-refractivity contribution >= 4 is 10.0 Å². The Morgan fingerprint density at radius 1 is 1.57 bits per heavy atom. The van der Waals surface area contributed by atoms with Gasteiger partial charge in [0.1, 0.15) is 0 Å². The molecule has 1 saturated heterocycles. The molecule has 1 aliphatic heterocycles. The Morgan fingerprint density at radius 2 is 2.29 bits per heavy atom. The molecule has 0 aromatic heterocycles. The second kappa shape index (κ2) is 4.57. The molecular formula is C8H18N2O3S. The second-order valence-corrected chi connectivity index (χ2v) is 5.76. The van der Waals surface area contributed by atoms with Gasteiger partial charge in [0, 0.05) is 19.7 Å². The fraction of sp³-hybridized carbons (Fsp3) is 1.00. The molecule has 1 atom stereocenters. The van der Waals surface area contributed by atoms with Crippen molar-refractivity contribution in [3.63, 3.8) is 0 Å². The van der Waals surface area contributed by atoms with Crippen LogP contribution in [0.4, 0.5) is 0 Å². The normalized spacial score (nSPS) is 28.1. The fourth-order valence-electron chi connectivity index (χ4n) is 1.47. The Kier molecular flexibility index (Phi) is 3.88. The van der Waals surface area contributed by atoms with Crippen molar-refractivity contribution in [1.82, 2.24) is 4.72 Å². The molecule has 0 spiro atoms. The average Bonchev–Trinajstić information content (AvgIpc) is 2.50. The molecule has 84 valence electrons. The number of sulfonamides is 1. The van der Waals surface area contributed by atoms with Crippen molar-refractivity contribution in [2.24, 2.45) is 5.73 Å². The third-order valence-electron chi connectivity index (χ3n) is 2.35. The van der Waals surface area contributed by atoms with E-state index in [1.165, 1.54) is 0 Å². The van der Waals surface area contributed by atoms with Crippen LogP contribution in [-0.4, -0.2) is 39.5 Å². The quantitative estimate of drug-likeness (QED) is 0.653. The maximum absolute atomic E-state index is 11.3. The maximum Gasteiger partial charge on any atom is 0.212 e. The van der Waals surface area contributed by atoms with E-state index in [9.17, 15) is 8.42 Å². The third kappa shape index (κ3) is 3.53. The number of nitrogens with one attached hydrogen (secondary N) is 1. The molecule has 1 aliphatic rings. The SMILES string of the molecule is CC1(CNS(=O)(=O)CCN)CCCO1. The number of rotatable bonds is 5. The molecule has 0 aliphatic carbocycles. The van der Waals surface area contributed by atoms with Crippen molar-refractivity contribution in [2.45, 2.75) is 25.4 Å². The van der Waals surface area contributed by atoms with Crippen LogP contribution in [0.2, 0.25) is 0 Å². The molecule has 1 unspecified atom stereocenters. The molecule has 6 heteroatoms. The Labute approximate surface area is 85.1 Å². The molecule has 1 heterocycles. The van der Waals surface area contributed by atoms with Gasteiger partial charge in [-0.1, -0.05) is 0 Å². The van der Waals surface area contributed by atoms with Crippen LogP contribution in [0.25, 0.3) is 0 Å². The average molecular weight is 222 g/mol. The zero-order valence-corrected chi connectivity index (χ0v) is 9.27. The van der Waals surface area contributed by atoms with Crippen LogP contribution < -0.4 is 10.5 Å². The monoisotopic (exact) mass is 222 g/mol. The standard InChI is InChI=1S/C8H18N2O3S/c1-8(3-2-5-13-8)7-10-14(11,12)6-4-9/h10H,2-7,9H2,1H3. The summed E-state index contributed by atoms with van der Waals surface area (Å²) in [6, 6.07) is 0. The van der Waals surface area contributed by atoms with Crippen molar-refractivity contribution in [1.29, 1.82) is 0 Å². The molecule has 0 aromatic carbocycles. The smallest absolute Gasteiger partial charge is 0.212 e. The van der Waals surface area contributed by atoms with E-state index in [1.807, 2.05) is 6.92 Å². The van der Waals surface area contributed by atoms with E-state index >= 15 is 0 Å². The van der Waals surface area contributed by atoms with Gasteiger partial charge in [0.15, 0.2) is 0 Å². The lowest BCUT2D eigenvalue weighted by molar-refractivity contribution is 0.0250. The molecule has 1 fully saturated rings. The molecule has 1 rings (SSSR count). The first-order valence-corrected chi connectivity index (χ1v) is 6.44. The van der Waals surface area contributed by atoms with E-state index in [2.05, 4.69) is 4.72 Å². The van der Waals surface area contributed by atoms with Gasteiger partial charge in [0.25, 0.3) is 0 Å². The van der Waals surface area contributed by atoms with Crippen molar-refractivity contribution in [2.75, 3.05) is 25.4 Å². The van der Waals surface area contributed by atoms with Gasteiger partial charge in [0.05, 0.1) is 11.4 Å². The van der Waals surface area contributed by atoms with Crippen molar-refractivity contribution in [3.8, 4) is 0 Å². The lowest BCUT2D eigenvalue weighted by Gasteiger charge is -2.23. The van der Waals surface area contributed by atoms with Crippen LogP contribution in [0, 0.1) is 0 Å². The summed E-state index contributed by atoms with van der Waals surface area (Å²) in [7, 11) is -3.21. The summed E-state index contributed by atoms with van der Waals surface area (Å²) < 4.78 is 30.5. The molecule has 0 aromatic rings. The minimum absolute atomic E-state index is 0.0247. The molecule has 0 radical (unpaired) electrons. The van der Waals surface area contributed by atoms with E-state index in [0.29, 0.717) is 6.54 Å². The fourth-order valence-corrected chi connectivity index (χ4v) is 2.45. The first kappa shape index (κ1) is 11.9. The highest BCUT2D eigenvalue weighted by molar-refractivity contribution is 7.89. The van der Waals surface area contributed by atoms with Gasteiger partial charge in [-0.05, 0) is 19.8 Å². The van der Waals surface area contributed by atoms with E-state index in [0.717, 1.165) is 19.4 Å². The van der Waals surface area contributed by atoms with E-state index in [4.69, 9.17) is 10.5 Å². The van der Waals surface area contributed by atoms with Crippen LogP contribution in [0.15, 0.2) is 0 Å². The van der Waals surface area contributed by atoms with Gasteiger partial charge in [-0.3, -0.25) is 0 Å². The lowest BCUT2D eigenvalue weighted by Crippen LogP contribution is -2.41. The topological polar surface area (TPSA) is 81.4 Å². The van der Waals surface area contributed by atoms with Gasteiger partial charge < -0.3 is 10.5 Å². The zero-order valence-electron chi connectivity index (χ0n) is 8.45. The predicted octanol–water partition coefficient (Wildman–Crippen LogP) is -0.566. The summed E-state index contributed by atoms with van der Waals surface area (Å²) in [5.74, 6) is -0.0247. The Hall–Kier alpha value is -0.170. The van der Waals surface area contributed by atoms with Gasteiger partial charge in [-0.2, -0.15) is 0 Å². The minimum atomic E-state index is -3.21. The second-order valence-electron chi connectivity index (χ2n) is 3.83. The first-order chi connectivity index (χ1) is 6.47. The highest BCUT2D eigenvalue weighted by Gasteiger charge is 2.30. The van der Waals surface area contributed by atoms with E-state index < -0.39 is 10.0 Å². The van der Waals surface area contributed by atoms with Crippen LogP contribution in [0.5, 0.6) is 0 Å². The number of nitrogens with two attached hydrogens (primary N) is 1. The summed E-state index contributed by atoms with van der Waals surface area (Å²) in [6.45, 7) is 3.13. The van der Waals surface area contributed by atoms with Gasteiger partial charge >= 0.3 is 0 Å². The highest BCUT2D eigenvalue weighted by atomic mass is 32.2. The van der Waals surface area contributed by atoms with Crippen molar-refractivity contribution < 1.29 is 13.2 Å². The molecule has 0 amide bonds. The third-order valence-corrected chi connectivity index (χ3v) is 3.71. The van der Waals surface area contributed by atoms with E-state index in [-0.39, 0.29) is 17.9 Å². The van der Waals surface area contributed by atoms with Gasteiger partial charge in [-0.25, -0.2) is 13.1 Å². The predicted molar refractivity (Wildman–Crippen MR) is 54.4 cm³/mol.